The van der Waals surface area contributed by atoms with Crippen molar-refractivity contribution in [2.75, 3.05) is 13.7 Å². The predicted octanol–water partition coefficient (Wildman–Crippen LogP) is 6.07. The Morgan fingerprint density at radius 1 is 0.917 bits per heavy atom. The Morgan fingerprint density at radius 2 is 1.54 bits per heavy atom. The summed E-state index contributed by atoms with van der Waals surface area (Å²) in [5.74, 6) is 2.01. The van der Waals surface area contributed by atoms with E-state index in [1.54, 1.807) is 7.11 Å². The van der Waals surface area contributed by atoms with Crippen molar-refractivity contribution in [2.24, 2.45) is 0 Å². The van der Waals surface area contributed by atoms with E-state index in [0.717, 1.165) is 31.0 Å². The van der Waals surface area contributed by atoms with Crippen molar-refractivity contribution in [2.45, 2.75) is 39.0 Å². The van der Waals surface area contributed by atoms with Gasteiger partial charge in [0.25, 0.3) is 0 Å². The molecular weight excluding hydrogens is 296 g/mol. The molecule has 1 fully saturated rings. The van der Waals surface area contributed by atoms with Crippen molar-refractivity contribution < 1.29 is 9.47 Å². The summed E-state index contributed by atoms with van der Waals surface area (Å²) in [5, 5.41) is 0. The van der Waals surface area contributed by atoms with Crippen molar-refractivity contribution in [1.29, 1.82) is 0 Å². The molecule has 0 radical (unpaired) electrons. The normalized spacial score (nSPS) is 13.3. The van der Waals surface area contributed by atoms with Crippen LogP contribution >= 0.6 is 0 Å². The molecule has 0 N–H and O–H groups in total. The van der Waals surface area contributed by atoms with Gasteiger partial charge in [-0.25, -0.2) is 0 Å². The van der Waals surface area contributed by atoms with Gasteiger partial charge >= 0.3 is 0 Å². The minimum absolute atomic E-state index is 0.791. The zero-order valence-corrected chi connectivity index (χ0v) is 14.7. The van der Waals surface area contributed by atoms with E-state index in [1.807, 2.05) is 0 Å². The van der Waals surface area contributed by atoms with E-state index < -0.39 is 0 Å². The molecule has 0 aromatic heterocycles. The lowest BCUT2D eigenvalue weighted by atomic mass is 9.89. The lowest BCUT2D eigenvalue weighted by molar-refractivity contribution is 0.309. The summed E-state index contributed by atoms with van der Waals surface area (Å²) in [7, 11) is 1.77. The third-order valence-electron chi connectivity index (χ3n) is 4.58. The van der Waals surface area contributed by atoms with E-state index in [1.165, 1.54) is 41.5 Å². The van der Waals surface area contributed by atoms with E-state index in [2.05, 4.69) is 55.5 Å². The molecule has 0 heterocycles. The van der Waals surface area contributed by atoms with Gasteiger partial charge in [-0.2, -0.15) is 0 Å². The van der Waals surface area contributed by atoms with E-state index in [-0.39, 0.29) is 0 Å². The molecular formula is C22H26O2. The summed E-state index contributed by atoms with van der Waals surface area (Å²) < 4.78 is 11.3. The fraction of sp³-hybridized carbons (Fsp3) is 0.364. The van der Waals surface area contributed by atoms with Gasteiger partial charge in [0.05, 0.1) is 13.7 Å². The molecule has 1 aliphatic carbocycles. The molecule has 2 aromatic rings. The molecule has 2 heteroatoms. The van der Waals surface area contributed by atoms with Gasteiger partial charge in [-0.05, 0) is 54.5 Å². The van der Waals surface area contributed by atoms with Crippen LogP contribution in [0.5, 0.6) is 5.75 Å². The van der Waals surface area contributed by atoms with Gasteiger partial charge in [0.1, 0.15) is 11.5 Å². The average molecular weight is 322 g/mol. The maximum Gasteiger partial charge on any atom is 0.125 e. The van der Waals surface area contributed by atoms with Gasteiger partial charge < -0.3 is 9.47 Å². The minimum atomic E-state index is 0.791. The Labute approximate surface area is 145 Å². The SMILES string of the molecule is CCCCOc1ccc(-c2ccc(C(OC)=C3CCC3)cc2)cc1. The molecule has 3 rings (SSSR count). The summed E-state index contributed by atoms with van der Waals surface area (Å²) in [6, 6.07) is 17.0. The van der Waals surface area contributed by atoms with Gasteiger partial charge in [0.15, 0.2) is 0 Å². The van der Waals surface area contributed by atoms with Crippen LogP contribution < -0.4 is 4.74 Å². The Hall–Kier alpha value is -2.22. The third-order valence-corrected chi connectivity index (χ3v) is 4.58. The van der Waals surface area contributed by atoms with Crippen LogP contribution in [-0.4, -0.2) is 13.7 Å². The highest BCUT2D eigenvalue weighted by Crippen LogP contribution is 2.34. The second-order valence-electron chi connectivity index (χ2n) is 6.29. The van der Waals surface area contributed by atoms with E-state index in [0.29, 0.717) is 0 Å². The number of hydrogen-bond donors (Lipinski definition) is 0. The molecule has 2 aromatic carbocycles. The molecule has 1 saturated carbocycles. The van der Waals surface area contributed by atoms with Crippen LogP contribution in [0.25, 0.3) is 16.9 Å². The van der Waals surface area contributed by atoms with Gasteiger partial charge in [0, 0.05) is 5.56 Å². The van der Waals surface area contributed by atoms with Crippen LogP contribution in [0.15, 0.2) is 54.1 Å². The molecule has 0 aliphatic heterocycles. The zero-order valence-electron chi connectivity index (χ0n) is 14.7. The first-order valence-corrected chi connectivity index (χ1v) is 8.91. The topological polar surface area (TPSA) is 18.5 Å². The molecule has 2 nitrogen and oxygen atoms in total. The molecule has 0 atom stereocenters. The van der Waals surface area contributed by atoms with Gasteiger partial charge in [-0.15, -0.1) is 0 Å². The highest BCUT2D eigenvalue weighted by Gasteiger charge is 2.16. The first-order chi connectivity index (χ1) is 11.8. The highest BCUT2D eigenvalue weighted by atomic mass is 16.5. The van der Waals surface area contributed by atoms with Crippen molar-refractivity contribution in [3.05, 3.63) is 59.7 Å². The highest BCUT2D eigenvalue weighted by molar-refractivity contribution is 5.70. The monoisotopic (exact) mass is 322 g/mol. The van der Waals surface area contributed by atoms with Crippen molar-refractivity contribution in [1.82, 2.24) is 0 Å². The van der Waals surface area contributed by atoms with Crippen LogP contribution in [0.1, 0.15) is 44.6 Å². The fourth-order valence-corrected chi connectivity index (χ4v) is 2.94. The fourth-order valence-electron chi connectivity index (χ4n) is 2.94. The Bertz CT molecular complexity index is 675. The van der Waals surface area contributed by atoms with Crippen LogP contribution in [0.2, 0.25) is 0 Å². The number of methoxy groups -OCH3 is 1. The first kappa shape index (κ1) is 16.6. The smallest absolute Gasteiger partial charge is 0.125 e. The van der Waals surface area contributed by atoms with Crippen LogP contribution in [-0.2, 0) is 4.74 Å². The molecule has 0 amide bonds. The number of allylic oxidation sites excluding steroid dienone is 1. The van der Waals surface area contributed by atoms with Crippen molar-refractivity contribution in [3.8, 4) is 16.9 Å². The Morgan fingerprint density at radius 3 is 2.04 bits per heavy atom. The van der Waals surface area contributed by atoms with E-state index >= 15 is 0 Å². The summed E-state index contributed by atoms with van der Waals surface area (Å²) >= 11 is 0. The summed E-state index contributed by atoms with van der Waals surface area (Å²) in [5.41, 5.74) is 5.04. The molecule has 126 valence electrons. The van der Waals surface area contributed by atoms with E-state index in [9.17, 15) is 0 Å². The molecule has 0 unspecified atom stereocenters. The molecule has 24 heavy (non-hydrogen) atoms. The lowest BCUT2D eigenvalue weighted by Crippen LogP contribution is -2.03. The van der Waals surface area contributed by atoms with Gasteiger partial charge in [-0.1, -0.05) is 49.7 Å². The number of benzene rings is 2. The Balaban J connectivity index is 1.71. The van der Waals surface area contributed by atoms with E-state index in [4.69, 9.17) is 9.47 Å². The largest absolute Gasteiger partial charge is 0.496 e. The minimum Gasteiger partial charge on any atom is -0.496 e. The second-order valence-corrected chi connectivity index (χ2v) is 6.29. The summed E-state index contributed by atoms with van der Waals surface area (Å²) in [4.78, 5) is 0. The van der Waals surface area contributed by atoms with Crippen LogP contribution in [0.4, 0.5) is 0 Å². The maximum absolute atomic E-state index is 5.72. The van der Waals surface area contributed by atoms with Crippen LogP contribution in [0, 0.1) is 0 Å². The molecule has 0 saturated heterocycles. The number of hydrogen-bond acceptors (Lipinski definition) is 2. The van der Waals surface area contributed by atoms with Crippen LogP contribution in [0.3, 0.4) is 0 Å². The third kappa shape index (κ3) is 3.81. The van der Waals surface area contributed by atoms with Gasteiger partial charge in [0.2, 0.25) is 0 Å². The predicted molar refractivity (Wildman–Crippen MR) is 100 cm³/mol. The number of ether oxygens (including phenoxy) is 2. The van der Waals surface area contributed by atoms with Crippen molar-refractivity contribution in [3.63, 3.8) is 0 Å². The van der Waals surface area contributed by atoms with Crippen molar-refractivity contribution >= 4 is 5.76 Å². The molecule has 0 bridgehead atoms. The standard InChI is InChI=1S/C22H26O2/c1-3-4-16-24-21-14-12-18(13-15-21)17-8-10-20(11-9-17)22(23-2)19-6-5-7-19/h8-15H,3-7,16H2,1-2H3. The number of rotatable bonds is 7. The average Bonchev–Trinajstić information content (AvgIpc) is 2.59. The summed E-state index contributed by atoms with van der Waals surface area (Å²) in [6.45, 7) is 2.96. The lowest BCUT2D eigenvalue weighted by Gasteiger charge is -2.21. The molecule has 0 spiro atoms. The molecule has 1 aliphatic rings. The Kier molecular flexibility index (Phi) is 5.58. The maximum atomic E-state index is 5.72. The zero-order chi connectivity index (χ0) is 16.8. The first-order valence-electron chi connectivity index (χ1n) is 8.91. The summed E-state index contributed by atoms with van der Waals surface area (Å²) in [6.07, 6.45) is 5.88. The second kappa shape index (κ2) is 8.05. The number of unbranched alkanes of at least 4 members (excludes halogenated alkanes) is 1. The quantitative estimate of drug-likeness (QED) is 0.455. The van der Waals surface area contributed by atoms with Gasteiger partial charge in [-0.3, -0.25) is 0 Å².